The summed E-state index contributed by atoms with van der Waals surface area (Å²) in [4.78, 5) is 10.5. The summed E-state index contributed by atoms with van der Waals surface area (Å²) in [5, 5.41) is 12.7. The van der Waals surface area contributed by atoms with E-state index in [4.69, 9.17) is 5.11 Å². The first kappa shape index (κ1) is 10.6. The molecule has 0 saturated carbocycles. The van der Waals surface area contributed by atoms with E-state index in [9.17, 15) is 4.79 Å². The van der Waals surface area contributed by atoms with Gasteiger partial charge in [-0.05, 0) is 39.6 Å². The van der Waals surface area contributed by atoms with Crippen LogP contribution in [0.15, 0.2) is 47.2 Å². The van der Waals surface area contributed by atoms with Gasteiger partial charge in [0.1, 0.15) is 0 Å². The molecule has 1 N–H and O–H groups in total. The molecule has 0 unspecified atom stereocenters. The summed E-state index contributed by atoms with van der Waals surface area (Å²) < 4.78 is 0. The molecule has 80 valence electrons. The summed E-state index contributed by atoms with van der Waals surface area (Å²) >= 11 is 1.63. The molecule has 0 radical (unpaired) electrons. The van der Waals surface area contributed by atoms with Crippen LogP contribution in [0.1, 0.15) is 5.56 Å². The minimum Gasteiger partial charge on any atom is -0.478 e. The lowest BCUT2D eigenvalue weighted by atomic mass is 10.0. The molecule has 1 aromatic carbocycles. The molecule has 0 fully saturated rings. The number of carboxylic acids is 1. The molecular weight excluding hydrogens is 220 g/mol. The van der Waals surface area contributed by atoms with E-state index in [1.165, 1.54) is 0 Å². The van der Waals surface area contributed by atoms with Crippen molar-refractivity contribution in [2.24, 2.45) is 0 Å². The van der Waals surface area contributed by atoms with Crippen LogP contribution in [0.4, 0.5) is 0 Å². The first-order chi connectivity index (χ1) is 7.77. The number of thiophene rings is 1. The van der Waals surface area contributed by atoms with Crippen LogP contribution in [0, 0.1) is 0 Å². The fourth-order valence-electron chi connectivity index (χ4n) is 1.48. The van der Waals surface area contributed by atoms with Gasteiger partial charge in [0.05, 0.1) is 0 Å². The molecule has 0 amide bonds. The Morgan fingerprint density at radius 3 is 2.75 bits per heavy atom. The number of carboxylic acid groups (broad SMARTS) is 1. The van der Waals surface area contributed by atoms with Gasteiger partial charge in [0, 0.05) is 6.08 Å². The molecule has 0 aliphatic heterocycles. The molecule has 0 bridgehead atoms. The molecule has 2 aromatic rings. The van der Waals surface area contributed by atoms with E-state index >= 15 is 0 Å². The predicted octanol–water partition coefficient (Wildman–Crippen LogP) is 3.51. The Balaban J connectivity index is 2.42. The van der Waals surface area contributed by atoms with E-state index < -0.39 is 5.97 Å². The maximum absolute atomic E-state index is 10.5. The lowest BCUT2D eigenvalue weighted by Gasteiger charge is -2.02. The maximum Gasteiger partial charge on any atom is 0.328 e. The van der Waals surface area contributed by atoms with Crippen LogP contribution in [-0.4, -0.2) is 11.1 Å². The zero-order chi connectivity index (χ0) is 11.4. The zero-order valence-corrected chi connectivity index (χ0v) is 9.28. The predicted molar refractivity (Wildman–Crippen MR) is 66.4 cm³/mol. The second-order valence-electron chi connectivity index (χ2n) is 3.27. The number of benzene rings is 1. The standard InChI is InChI=1S/C13H10O2S/c14-13(15)6-5-10-3-1-2-4-12(10)11-7-8-16-9-11/h1-9H,(H,14,15)/b6-5+. The van der Waals surface area contributed by atoms with Crippen LogP contribution in [0.5, 0.6) is 0 Å². The van der Waals surface area contributed by atoms with Crippen molar-refractivity contribution in [2.45, 2.75) is 0 Å². The normalized spacial score (nSPS) is 10.8. The molecule has 3 heteroatoms. The average Bonchev–Trinajstić information content (AvgIpc) is 2.80. The summed E-state index contributed by atoms with van der Waals surface area (Å²) in [5.74, 6) is -0.930. The Hall–Kier alpha value is -1.87. The van der Waals surface area contributed by atoms with Crippen molar-refractivity contribution in [2.75, 3.05) is 0 Å². The van der Waals surface area contributed by atoms with Crippen molar-refractivity contribution in [1.29, 1.82) is 0 Å². The van der Waals surface area contributed by atoms with Gasteiger partial charge in [0.15, 0.2) is 0 Å². The summed E-state index contributed by atoms with van der Waals surface area (Å²) in [6, 6.07) is 9.77. The van der Waals surface area contributed by atoms with Crippen molar-refractivity contribution in [3.8, 4) is 11.1 Å². The number of hydrogen-bond donors (Lipinski definition) is 1. The van der Waals surface area contributed by atoms with Gasteiger partial charge in [-0.2, -0.15) is 11.3 Å². The molecule has 1 aromatic heterocycles. The van der Waals surface area contributed by atoms with Crippen LogP contribution in [0.25, 0.3) is 17.2 Å². The van der Waals surface area contributed by atoms with E-state index in [0.717, 1.165) is 22.8 Å². The van der Waals surface area contributed by atoms with E-state index in [-0.39, 0.29) is 0 Å². The topological polar surface area (TPSA) is 37.3 Å². The van der Waals surface area contributed by atoms with Gasteiger partial charge in [0.25, 0.3) is 0 Å². The molecule has 1 heterocycles. The van der Waals surface area contributed by atoms with Crippen molar-refractivity contribution in [3.05, 3.63) is 52.7 Å². The highest BCUT2D eigenvalue weighted by Gasteiger charge is 2.02. The van der Waals surface area contributed by atoms with Crippen LogP contribution in [-0.2, 0) is 4.79 Å². The number of aliphatic carboxylic acids is 1. The smallest absolute Gasteiger partial charge is 0.328 e. The second kappa shape index (κ2) is 4.77. The van der Waals surface area contributed by atoms with Gasteiger partial charge < -0.3 is 5.11 Å². The minimum atomic E-state index is -0.930. The summed E-state index contributed by atoms with van der Waals surface area (Å²) in [5.41, 5.74) is 3.10. The van der Waals surface area contributed by atoms with Crippen LogP contribution in [0.3, 0.4) is 0 Å². The monoisotopic (exact) mass is 230 g/mol. The zero-order valence-electron chi connectivity index (χ0n) is 8.46. The Kier molecular flexibility index (Phi) is 3.17. The van der Waals surface area contributed by atoms with E-state index in [2.05, 4.69) is 0 Å². The highest BCUT2D eigenvalue weighted by atomic mass is 32.1. The van der Waals surface area contributed by atoms with Gasteiger partial charge >= 0.3 is 5.97 Å². The van der Waals surface area contributed by atoms with E-state index in [0.29, 0.717) is 0 Å². The molecule has 0 aliphatic carbocycles. The molecule has 0 aliphatic rings. The number of hydrogen-bond acceptors (Lipinski definition) is 2. The molecule has 16 heavy (non-hydrogen) atoms. The minimum absolute atomic E-state index is 0.920. The van der Waals surface area contributed by atoms with Crippen LogP contribution < -0.4 is 0 Å². The Morgan fingerprint density at radius 2 is 2.06 bits per heavy atom. The van der Waals surface area contributed by atoms with E-state index in [1.807, 2.05) is 41.1 Å². The first-order valence-corrected chi connectivity index (χ1v) is 5.74. The lowest BCUT2D eigenvalue weighted by molar-refractivity contribution is -0.131. The Labute approximate surface area is 97.5 Å². The lowest BCUT2D eigenvalue weighted by Crippen LogP contribution is -1.87. The number of rotatable bonds is 3. The van der Waals surface area contributed by atoms with Gasteiger partial charge in [0.2, 0.25) is 0 Å². The molecule has 2 nitrogen and oxygen atoms in total. The Morgan fingerprint density at radius 1 is 1.25 bits per heavy atom. The third kappa shape index (κ3) is 2.38. The molecule has 2 rings (SSSR count). The molecule has 0 atom stereocenters. The quantitative estimate of drug-likeness (QED) is 0.819. The van der Waals surface area contributed by atoms with Crippen LogP contribution >= 0.6 is 11.3 Å². The fourth-order valence-corrected chi connectivity index (χ4v) is 2.14. The van der Waals surface area contributed by atoms with E-state index in [1.54, 1.807) is 17.4 Å². The van der Waals surface area contributed by atoms with Crippen molar-refractivity contribution < 1.29 is 9.90 Å². The van der Waals surface area contributed by atoms with Crippen molar-refractivity contribution in [1.82, 2.24) is 0 Å². The van der Waals surface area contributed by atoms with Gasteiger partial charge in [-0.1, -0.05) is 24.3 Å². The third-order valence-electron chi connectivity index (χ3n) is 2.20. The second-order valence-corrected chi connectivity index (χ2v) is 4.05. The van der Waals surface area contributed by atoms with Crippen molar-refractivity contribution >= 4 is 23.4 Å². The highest BCUT2D eigenvalue weighted by Crippen LogP contribution is 2.26. The number of carbonyl (C=O) groups is 1. The SMILES string of the molecule is O=C(O)/C=C/c1ccccc1-c1ccsc1. The van der Waals surface area contributed by atoms with Gasteiger partial charge in [-0.25, -0.2) is 4.79 Å². The molecular formula is C13H10O2S. The Bertz CT molecular complexity index is 512. The molecule has 0 saturated heterocycles. The van der Waals surface area contributed by atoms with Gasteiger partial charge in [-0.3, -0.25) is 0 Å². The summed E-state index contributed by atoms with van der Waals surface area (Å²) in [6.45, 7) is 0. The third-order valence-corrected chi connectivity index (χ3v) is 2.88. The highest BCUT2D eigenvalue weighted by molar-refractivity contribution is 7.08. The van der Waals surface area contributed by atoms with Crippen molar-refractivity contribution in [3.63, 3.8) is 0 Å². The maximum atomic E-state index is 10.5. The van der Waals surface area contributed by atoms with Gasteiger partial charge in [-0.15, -0.1) is 0 Å². The average molecular weight is 230 g/mol. The largest absolute Gasteiger partial charge is 0.478 e. The summed E-state index contributed by atoms with van der Waals surface area (Å²) in [7, 11) is 0. The summed E-state index contributed by atoms with van der Waals surface area (Å²) in [6.07, 6.45) is 2.78. The van der Waals surface area contributed by atoms with Crippen LogP contribution in [0.2, 0.25) is 0 Å². The molecule has 0 spiro atoms. The fraction of sp³-hybridized carbons (Fsp3) is 0. The first-order valence-electron chi connectivity index (χ1n) is 4.80.